The van der Waals surface area contributed by atoms with Gasteiger partial charge < -0.3 is 5.73 Å². The van der Waals surface area contributed by atoms with E-state index in [0.29, 0.717) is 5.69 Å². The first-order chi connectivity index (χ1) is 8.49. The number of nitrogen functional groups attached to an aromatic ring is 1. The number of pyridine rings is 2. The minimum absolute atomic E-state index is 0.0678. The van der Waals surface area contributed by atoms with E-state index >= 15 is 0 Å². The highest BCUT2D eigenvalue weighted by Gasteiger charge is 2.15. The van der Waals surface area contributed by atoms with E-state index in [2.05, 4.69) is 14.7 Å². The molecule has 0 bridgehead atoms. The van der Waals surface area contributed by atoms with Crippen LogP contribution in [-0.4, -0.2) is 18.4 Å². The molecule has 6 nitrogen and oxygen atoms in total. The van der Waals surface area contributed by atoms with E-state index in [9.17, 15) is 8.42 Å². The predicted molar refractivity (Wildman–Crippen MR) is 68.4 cm³/mol. The summed E-state index contributed by atoms with van der Waals surface area (Å²) in [7, 11) is -3.67. The number of aromatic nitrogens is 2. The average molecular weight is 264 g/mol. The number of nitrogens with zero attached hydrogens (tertiary/aromatic N) is 2. The zero-order chi connectivity index (χ0) is 13.2. The fourth-order valence-corrected chi connectivity index (χ4v) is 2.51. The average Bonchev–Trinajstić information content (AvgIpc) is 2.32. The largest absolute Gasteiger partial charge is 0.384 e. The third-order valence-corrected chi connectivity index (χ3v) is 3.71. The summed E-state index contributed by atoms with van der Waals surface area (Å²) in [6, 6.07) is 4.40. The van der Waals surface area contributed by atoms with Crippen LogP contribution < -0.4 is 10.5 Å². The molecule has 2 aromatic heterocycles. The molecule has 7 heteroatoms. The Morgan fingerprint density at radius 1 is 1.28 bits per heavy atom. The molecule has 0 atom stereocenters. The number of rotatable bonds is 3. The summed E-state index contributed by atoms with van der Waals surface area (Å²) in [4.78, 5) is 7.70. The Labute approximate surface area is 105 Å². The van der Waals surface area contributed by atoms with E-state index in [1.54, 1.807) is 19.2 Å². The molecule has 94 valence electrons. The molecule has 3 N–H and O–H groups in total. The number of nitrogens with one attached hydrogen (secondary N) is 1. The van der Waals surface area contributed by atoms with Crippen molar-refractivity contribution in [1.82, 2.24) is 9.97 Å². The highest BCUT2D eigenvalue weighted by Crippen LogP contribution is 2.18. The van der Waals surface area contributed by atoms with Gasteiger partial charge in [-0.15, -0.1) is 0 Å². The highest BCUT2D eigenvalue weighted by atomic mass is 32.2. The summed E-state index contributed by atoms with van der Waals surface area (Å²) in [5.74, 6) is 0.154. The fourth-order valence-electron chi connectivity index (χ4n) is 1.37. The Morgan fingerprint density at radius 2 is 2.06 bits per heavy atom. The molecule has 0 fully saturated rings. The summed E-state index contributed by atoms with van der Waals surface area (Å²) >= 11 is 0. The topological polar surface area (TPSA) is 98.0 Å². The van der Waals surface area contributed by atoms with Gasteiger partial charge in [-0.05, 0) is 24.6 Å². The van der Waals surface area contributed by atoms with Crippen LogP contribution in [0.3, 0.4) is 0 Å². The van der Waals surface area contributed by atoms with E-state index in [1.165, 1.54) is 24.5 Å². The number of sulfonamides is 1. The second-order valence-electron chi connectivity index (χ2n) is 3.71. The monoisotopic (exact) mass is 264 g/mol. The van der Waals surface area contributed by atoms with Gasteiger partial charge >= 0.3 is 0 Å². The lowest BCUT2D eigenvalue weighted by atomic mass is 10.3. The molecule has 2 aromatic rings. The molecule has 0 amide bonds. The standard InChI is InChI=1S/C11H12N4O2S/c1-8-2-4-13-7-10(8)15-18(16,17)9-3-5-14-11(12)6-9/h2-7,15H,1H3,(H2,12,14). The fraction of sp³-hybridized carbons (Fsp3) is 0.0909. The van der Waals surface area contributed by atoms with Gasteiger partial charge in [0.05, 0.1) is 16.8 Å². The van der Waals surface area contributed by atoms with E-state index in [0.717, 1.165) is 5.56 Å². The normalized spacial score (nSPS) is 11.2. The van der Waals surface area contributed by atoms with Gasteiger partial charge in [-0.1, -0.05) is 0 Å². The first kappa shape index (κ1) is 12.3. The van der Waals surface area contributed by atoms with Gasteiger partial charge in [0, 0.05) is 18.5 Å². The van der Waals surface area contributed by atoms with Crippen LogP contribution in [0.15, 0.2) is 41.7 Å². The van der Waals surface area contributed by atoms with Gasteiger partial charge in [0.15, 0.2) is 0 Å². The van der Waals surface area contributed by atoms with Crippen molar-refractivity contribution in [3.05, 3.63) is 42.4 Å². The Morgan fingerprint density at radius 3 is 2.72 bits per heavy atom. The van der Waals surface area contributed by atoms with Gasteiger partial charge in [-0.25, -0.2) is 13.4 Å². The number of aryl methyl sites for hydroxylation is 1. The third kappa shape index (κ3) is 2.57. The first-order valence-electron chi connectivity index (χ1n) is 5.14. The van der Waals surface area contributed by atoms with Crippen LogP contribution in [0.2, 0.25) is 0 Å². The van der Waals surface area contributed by atoms with Crippen molar-refractivity contribution < 1.29 is 8.42 Å². The summed E-state index contributed by atoms with van der Waals surface area (Å²) in [6.45, 7) is 1.79. The molecule has 0 saturated carbocycles. The van der Waals surface area contributed by atoms with Crippen molar-refractivity contribution in [2.75, 3.05) is 10.5 Å². The molecule has 0 spiro atoms. The van der Waals surface area contributed by atoms with Crippen LogP contribution >= 0.6 is 0 Å². The second kappa shape index (κ2) is 4.61. The van der Waals surface area contributed by atoms with Crippen LogP contribution in [0.4, 0.5) is 11.5 Å². The molecule has 0 aromatic carbocycles. The van der Waals surface area contributed by atoms with Crippen molar-refractivity contribution in [3.8, 4) is 0 Å². The highest BCUT2D eigenvalue weighted by molar-refractivity contribution is 7.92. The smallest absolute Gasteiger partial charge is 0.262 e. The minimum atomic E-state index is -3.67. The van der Waals surface area contributed by atoms with Gasteiger partial charge in [-0.2, -0.15) is 0 Å². The van der Waals surface area contributed by atoms with E-state index in [-0.39, 0.29) is 10.7 Å². The molecule has 0 aliphatic rings. The molecule has 0 radical (unpaired) electrons. The molecule has 2 heterocycles. The number of hydrogen-bond donors (Lipinski definition) is 2. The molecule has 2 rings (SSSR count). The van der Waals surface area contributed by atoms with E-state index < -0.39 is 10.0 Å². The van der Waals surface area contributed by atoms with Gasteiger partial charge in [0.1, 0.15) is 5.82 Å². The van der Waals surface area contributed by atoms with Gasteiger partial charge in [0.2, 0.25) is 0 Å². The van der Waals surface area contributed by atoms with E-state index in [4.69, 9.17) is 5.73 Å². The maximum atomic E-state index is 12.1. The maximum absolute atomic E-state index is 12.1. The van der Waals surface area contributed by atoms with Crippen LogP contribution in [0.25, 0.3) is 0 Å². The Balaban J connectivity index is 2.37. The Hall–Kier alpha value is -2.15. The first-order valence-corrected chi connectivity index (χ1v) is 6.62. The summed E-state index contributed by atoms with van der Waals surface area (Å²) in [5, 5.41) is 0. The molecule has 0 aliphatic carbocycles. The third-order valence-electron chi connectivity index (χ3n) is 2.35. The Bertz CT molecular complexity index is 670. The lowest BCUT2D eigenvalue weighted by molar-refractivity contribution is 0.601. The van der Waals surface area contributed by atoms with Crippen LogP contribution in [0, 0.1) is 6.92 Å². The van der Waals surface area contributed by atoms with Crippen molar-refractivity contribution in [2.45, 2.75) is 11.8 Å². The molecular weight excluding hydrogens is 252 g/mol. The predicted octanol–water partition coefficient (Wildman–Crippen LogP) is 1.17. The lowest BCUT2D eigenvalue weighted by Crippen LogP contribution is -2.14. The maximum Gasteiger partial charge on any atom is 0.262 e. The molecule has 0 saturated heterocycles. The zero-order valence-electron chi connectivity index (χ0n) is 9.66. The number of hydrogen-bond acceptors (Lipinski definition) is 5. The lowest BCUT2D eigenvalue weighted by Gasteiger charge is -2.09. The van der Waals surface area contributed by atoms with E-state index in [1.807, 2.05) is 0 Å². The molecule has 0 aliphatic heterocycles. The minimum Gasteiger partial charge on any atom is -0.384 e. The molecule has 18 heavy (non-hydrogen) atoms. The van der Waals surface area contributed by atoms with Crippen molar-refractivity contribution in [1.29, 1.82) is 0 Å². The van der Waals surface area contributed by atoms with Crippen molar-refractivity contribution in [3.63, 3.8) is 0 Å². The van der Waals surface area contributed by atoms with Gasteiger partial charge in [-0.3, -0.25) is 9.71 Å². The summed E-state index contributed by atoms with van der Waals surface area (Å²) in [6.07, 6.45) is 4.40. The van der Waals surface area contributed by atoms with Crippen molar-refractivity contribution >= 4 is 21.5 Å². The van der Waals surface area contributed by atoms with Crippen molar-refractivity contribution in [2.24, 2.45) is 0 Å². The zero-order valence-corrected chi connectivity index (χ0v) is 10.5. The van der Waals surface area contributed by atoms with Crippen LogP contribution in [0.5, 0.6) is 0 Å². The summed E-state index contributed by atoms with van der Waals surface area (Å²) in [5.41, 5.74) is 6.69. The number of anilines is 2. The van der Waals surface area contributed by atoms with Crippen LogP contribution in [0.1, 0.15) is 5.56 Å². The van der Waals surface area contributed by atoms with Crippen LogP contribution in [-0.2, 0) is 10.0 Å². The molecular formula is C11H12N4O2S. The summed E-state index contributed by atoms with van der Waals surface area (Å²) < 4.78 is 26.6. The number of nitrogens with two attached hydrogens (primary N) is 1. The second-order valence-corrected chi connectivity index (χ2v) is 5.39. The Kier molecular flexibility index (Phi) is 3.15. The quantitative estimate of drug-likeness (QED) is 0.867. The SMILES string of the molecule is Cc1ccncc1NS(=O)(=O)c1ccnc(N)c1. The van der Waals surface area contributed by atoms with Gasteiger partial charge in [0.25, 0.3) is 10.0 Å². The molecule has 0 unspecified atom stereocenters.